The van der Waals surface area contributed by atoms with E-state index in [1.807, 2.05) is 37.3 Å². The topological polar surface area (TPSA) is 30.0 Å². The third-order valence-corrected chi connectivity index (χ3v) is 2.96. The summed E-state index contributed by atoms with van der Waals surface area (Å²) in [5.41, 5.74) is 1.03. The summed E-state index contributed by atoms with van der Waals surface area (Å²) < 4.78 is 13.6. The van der Waals surface area contributed by atoms with Crippen molar-refractivity contribution in [2.45, 2.75) is 19.3 Å². The van der Waals surface area contributed by atoms with E-state index < -0.39 is 5.82 Å². The smallest absolute Gasteiger partial charge is 0.173 e. The number of rotatable bonds is 4. The van der Waals surface area contributed by atoms with E-state index in [4.69, 9.17) is 0 Å². The second kappa shape index (κ2) is 5.54. The number of Topliss-reactive ketones (excluding diaryl/α,β-unsaturated/α-hetero) is 1. The van der Waals surface area contributed by atoms with Crippen LogP contribution in [0.2, 0.25) is 0 Å². The van der Waals surface area contributed by atoms with Crippen LogP contribution in [0.15, 0.2) is 48.8 Å². The van der Waals surface area contributed by atoms with Gasteiger partial charge in [-0.05, 0) is 18.1 Å². The second-order valence-corrected chi connectivity index (χ2v) is 4.09. The Balaban J connectivity index is 2.35. The maximum Gasteiger partial charge on any atom is 0.173 e. The van der Waals surface area contributed by atoms with Crippen LogP contribution in [0.25, 0.3) is 0 Å². The molecule has 0 fully saturated rings. The van der Waals surface area contributed by atoms with Gasteiger partial charge in [0.1, 0.15) is 0 Å². The van der Waals surface area contributed by atoms with Gasteiger partial charge in [0.25, 0.3) is 0 Å². The fraction of sp³-hybridized carbons (Fsp3) is 0.200. The molecular formula is C15H14FNO. The lowest BCUT2D eigenvalue weighted by atomic mass is 9.89. The molecule has 92 valence electrons. The average Bonchev–Trinajstić information content (AvgIpc) is 2.41. The first-order valence-electron chi connectivity index (χ1n) is 5.92. The Morgan fingerprint density at radius 3 is 2.61 bits per heavy atom. The SMILES string of the molecule is CCC(C(=O)c1ccncc1F)c1ccccc1. The zero-order chi connectivity index (χ0) is 13.0. The summed E-state index contributed by atoms with van der Waals surface area (Å²) in [4.78, 5) is 16.0. The number of ketones is 1. The maximum absolute atomic E-state index is 13.6. The fourth-order valence-electron chi connectivity index (χ4n) is 2.02. The van der Waals surface area contributed by atoms with Gasteiger partial charge in [0.05, 0.1) is 11.8 Å². The molecule has 1 heterocycles. The number of carbonyl (C=O) groups excluding carboxylic acids is 1. The third-order valence-electron chi connectivity index (χ3n) is 2.96. The Kier molecular flexibility index (Phi) is 3.82. The van der Waals surface area contributed by atoms with Crippen LogP contribution >= 0.6 is 0 Å². The first-order chi connectivity index (χ1) is 8.74. The lowest BCUT2D eigenvalue weighted by Crippen LogP contribution is -2.14. The van der Waals surface area contributed by atoms with E-state index in [9.17, 15) is 9.18 Å². The summed E-state index contributed by atoms with van der Waals surface area (Å²) in [7, 11) is 0. The van der Waals surface area contributed by atoms with E-state index in [-0.39, 0.29) is 17.3 Å². The largest absolute Gasteiger partial charge is 0.293 e. The molecule has 0 radical (unpaired) electrons. The molecule has 18 heavy (non-hydrogen) atoms. The second-order valence-electron chi connectivity index (χ2n) is 4.09. The number of halogens is 1. The number of aromatic nitrogens is 1. The molecule has 1 atom stereocenters. The first kappa shape index (κ1) is 12.4. The summed E-state index contributed by atoms with van der Waals surface area (Å²) in [6.07, 6.45) is 3.16. The molecule has 0 saturated carbocycles. The third kappa shape index (κ3) is 2.45. The van der Waals surface area contributed by atoms with Crippen molar-refractivity contribution in [3.8, 4) is 0 Å². The minimum Gasteiger partial charge on any atom is -0.293 e. The number of benzene rings is 1. The zero-order valence-electron chi connectivity index (χ0n) is 10.1. The summed E-state index contributed by atoms with van der Waals surface area (Å²) in [6, 6.07) is 10.9. The molecular weight excluding hydrogens is 229 g/mol. The van der Waals surface area contributed by atoms with Crippen LogP contribution in [-0.4, -0.2) is 10.8 Å². The Hall–Kier alpha value is -2.03. The van der Waals surface area contributed by atoms with Gasteiger partial charge in [-0.2, -0.15) is 0 Å². The van der Waals surface area contributed by atoms with Gasteiger partial charge in [-0.15, -0.1) is 0 Å². The van der Waals surface area contributed by atoms with Crippen LogP contribution in [0.4, 0.5) is 4.39 Å². The number of nitrogens with zero attached hydrogens (tertiary/aromatic N) is 1. The molecule has 3 heteroatoms. The highest BCUT2D eigenvalue weighted by atomic mass is 19.1. The summed E-state index contributed by atoms with van der Waals surface area (Å²) in [6.45, 7) is 1.93. The molecule has 0 aliphatic carbocycles. The molecule has 0 aliphatic heterocycles. The normalized spacial score (nSPS) is 12.1. The van der Waals surface area contributed by atoms with Crippen molar-refractivity contribution in [2.24, 2.45) is 0 Å². The Morgan fingerprint density at radius 1 is 1.28 bits per heavy atom. The van der Waals surface area contributed by atoms with E-state index in [0.717, 1.165) is 11.8 Å². The van der Waals surface area contributed by atoms with E-state index in [1.54, 1.807) is 0 Å². The molecule has 2 rings (SSSR count). The first-order valence-corrected chi connectivity index (χ1v) is 5.92. The van der Waals surface area contributed by atoms with Gasteiger partial charge in [0, 0.05) is 12.1 Å². The van der Waals surface area contributed by atoms with Crippen LogP contribution in [0.1, 0.15) is 35.2 Å². The predicted molar refractivity (Wildman–Crippen MR) is 68.0 cm³/mol. The maximum atomic E-state index is 13.6. The molecule has 1 aromatic carbocycles. The van der Waals surface area contributed by atoms with Gasteiger partial charge >= 0.3 is 0 Å². The van der Waals surface area contributed by atoms with E-state index in [2.05, 4.69) is 4.98 Å². The van der Waals surface area contributed by atoms with Crippen LogP contribution in [0, 0.1) is 5.82 Å². The van der Waals surface area contributed by atoms with Crippen molar-refractivity contribution in [1.82, 2.24) is 4.98 Å². The Labute approximate surface area is 105 Å². The molecule has 0 spiro atoms. The molecule has 1 aromatic heterocycles. The van der Waals surface area contributed by atoms with E-state index >= 15 is 0 Å². The van der Waals surface area contributed by atoms with E-state index in [1.165, 1.54) is 12.3 Å². The molecule has 2 nitrogen and oxygen atoms in total. The number of hydrogen-bond acceptors (Lipinski definition) is 2. The lowest BCUT2D eigenvalue weighted by molar-refractivity contribution is 0.0953. The quantitative estimate of drug-likeness (QED) is 0.768. The lowest BCUT2D eigenvalue weighted by Gasteiger charge is -2.14. The minimum absolute atomic E-state index is 0.112. The number of pyridine rings is 1. The van der Waals surface area contributed by atoms with Gasteiger partial charge in [-0.1, -0.05) is 37.3 Å². The Morgan fingerprint density at radius 2 is 2.00 bits per heavy atom. The molecule has 1 unspecified atom stereocenters. The summed E-state index contributed by atoms with van der Waals surface area (Å²) in [5, 5.41) is 0. The van der Waals surface area contributed by atoms with Crippen molar-refractivity contribution in [3.63, 3.8) is 0 Å². The highest BCUT2D eigenvalue weighted by Crippen LogP contribution is 2.24. The van der Waals surface area contributed by atoms with Crippen LogP contribution in [0.5, 0.6) is 0 Å². The van der Waals surface area contributed by atoms with Crippen LogP contribution in [0.3, 0.4) is 0 Å². The van der Waals surface area contributed by atoms with Gasteiger partial charge in [0.2, 0.25) is 0 Å². The highest BCUT2D eigenvalue weighted by molar-refractivity contribution is 6.01. The van der Waals surface area contributed by atoms with Gasteiger partial charge in [0.15, 0.2) is 11.6 Å². The van der Waals surface area contributed by atoms with Gasteiger partial charge in [-0.3, -0.25) is 9.78 Å². The van der Waals surface area contributed by atoms with Gasteiger partial charge < -0.3 is 0 Å². The Bertz CT molecular complexity index is 539. The van der Waals surface area contributed by atoms with Crippen LogP contribution < -0.4 is 0 Å². The van der Waals surface area contributed by atoms with Crippen LogP contribution in [-0.2, 0) is 0 Å². The molecule has 2 aromatic rings. The molecule has 0 amide bonds. The minimum atomic E-state index is -0.558. The standard InChI is InChI=1S/C15H14FNO/c1-2-12(11-6-4-3-5-7-11)15(18)13-8-9-17-10-14(13)16/h3-10,12H,2H2,1H3. The van der Waals surface area contributed by atoms with Crippen molar-refractivity contribution >= 4 is 5.78 Å². The summed E-state index contributed by atoms with van der Waals surface area (Å²) in [5.74, 6) is -1.05. The molecule has 0 saturated heterocycles. The predicted octanol–water partition coefficient (Wildman–Crippen LogP) is 3.60. The number of hydrogen-bond donors (Lipinski definition) is 0. The van der Waals surface area contributed by atoms with Crippen molar-refractivity contribution < 1.29 is 9.18 Å². The number of carbonyl (C=O) groups is 1. The molecule has 0 bridgehead atoms. The zero-order valence-corrected chi connectivity index (χ0v) is 10.1. The highest BCUT2D eigenvalue weighted by Gasteiger charge is 2.22. The monoisotopic (exact) mass is 243 g/mol. The average molecular weight is 243 g/mol. The van der Waals surface area contributed by atoms with Crippen molar-refractivity contribution in [1.29, 1.82) is 0 Å². The van der Waals surface area contributed by atoms with Crippen molar-refractivity contribution in [2.75, 3.05) is 0 Å². The van der Waals surface area contributed by atoms with E-state index in [0.29, 0.717) is 6.42 Å². The summed E-state index contributed by atoms with van der Waals surface area (Å²) >= 11 is 0. The fourth-order valence-corrected chi connectivity index (χ4v) is 2.02. The molecule has 0 N–H and O–H groups in total. The van der Waals surface area contributed by atoms with Gasteiger partial charge in [-0.25, -0.2) is 4.39 Å². The molecule has 0 aliphatic rings. The van der Waals surface area contributed by atoms with Crippen molar-refractivity contribution in [3.05, 3.63) is 65.7 Å².